The Balaban J connectivity index is 0.00000242. The summed E-state index contributed by atoms with van der Waals surface area (Å²) < 4.78 is 12.0. The minimum absolute atomic E-state index is 0. The first-order valence-corrected chi connectivity index (χ1v) is 8.22. The molecule has 126 valence electrons. The molecule has 0 aliphatic carbocycles. The van der Waals surface area contributed by atoms with E-state index in [0.717, 1.165) is 42.2 Å². The lowest BCUT2D eigenvalue weighted by Crippen LogP contribution is -2.31. The fraction of sp³-hybridized carbons (Fsp3) is 0.625. The van der Waals surface area contributed by atoms with Gasteiger partial charge in [0.15, 0.2) is 11.5 Å². The van der Waals surface area contributed by atoms with Gasteiger partial charge in [-0.25, -0.2) is 0 Å². The number of benzene rings is 1. The lowest BCUT2D eigenvalue weighted by Gasteiger charge is -2.23. The van der Waals surface area contributed by atoms with Crippen molar-refractivity contribution in [3.8, 4) is 11.5 Å². The van der Waals surface area contributed by atoms with Gasteiger partial charge in [-0.3, -0.25) is 4.90 Å². The topological polar surface area (TPSA) is 47.7 Å². The van der Waals surface area contributed by atoms with E-state index in [-0.39, 0.29) is 17.8 Å². The Labute approximate surface area is 147 Å². The number of nitrogens with zero attached hydrogens (tertiary/aromatic N) is 1. The molecule has 1 saturated heterocycles. The predicted octanol–water partition coefficient (Wildman–Crippen LogP) is 3.45. The lowest BCUT2D eigenvalue weighted by molar-refractivity contribution is 0.273. The van der Waals surface area contributed by atoms with E-state index in [0.29, 0.717) is 6.61 Å². The molecule has 22 heavy (non-hydrogen) atoms. The third kappa shape index (κ3) is 4.51. The summed E-state index contributed by atoms with van der Waals surface area (Å²) in [5, 5.41) is 0. The van der Waals surface area contributed by atoms with E-state index >= 15 is 0 Å². The molecule has 1 atom stereocenters. The second kappa shape index (κ2) is 8.39. The van der Waals surface area contributed by atoms with Gasteiger partial charge < -0.3 is 15.2 Å². The molecular weight excluding hydrogens is 368 g/mol. The molecule has 2 N–H and O–H groups in total. The summed E-state index contributed by atoms with van der Waals surface area (Å²) in [5.74, 6) is 1.55. The van der Waals surface area contributed by atoms with Crippen LogP contribution in [0.4, 0.5) is 0 Å². The predicted molar refractivity (Wildman–Crippen MR) is 96.2 cm³/mol. The van der Waals surface area contributed by atoms with Crippen molar-refractivity contribution >= 4 is 28.3 Å². The Morgan fingerprint density at radius 1 is 1.41 bits per heavy atom. The van der Waals surface area contributed by atoms with Gasteiger partial charge in [0.1, 0.15) is 0 Å². The Bertz CT molecular complexity index is 501. The molecule has 1 aliphatic rings. The van der Waals surface area contributed by atoms with Crippen molar-refractivity contribution in [3.05, 3.63) is 22.2 Å². The van der Waals surface area contributed by atoms with Gasteiger partial charge in [0.05, 0.1) is 18.2 Å². The zero-order chi connectivity index (χ0) is 15.5. The number of hydrogen-bond acceptors (Lipinski definition) is 4. The van der Waals surface area contributed by atoms with Crippen LogP contribution < -0.4 is 15.2 Å². The number of hydrogen-bond donors (Lipinski definition) is 1. The van der Waals surface area contributed by atoms with Gasteiger partial charge in [0.2, 0.25) is 0 Å². The number of ether oxygens (including phenoxy) is 2. The van der Waals surface area contributed by atoms with Crippen LogP contribution in [0.25, 0.3) is 0 Å². The lowest BCUT2D eigenvalue weighted by atomic mass is 9.90. The largest absolute Gasteiger partial charge is 0.493 e. The van der Waals surface area contributed by atoms with Crippen LogP contribution in [0.15, 0.2) is 16.6 Å². The molecule has 6 heteroatoms. The highest BCUT2D eigenvalue weighted by Crippen LogP contribution is 2.37. The van der Waals surface area contributed by atoms with E-state index in [9.17, 15) is 0 Å². The normalized spacial score (nSPS) is 21.5. The van der Waals surface area contributed by atoms with Crippen molar-refractivity contribution < 1.29 is 9.47 Å². The van der Waals surface area contributed by atoms with E-state index in [1.54, 1.807) is 7.11 Å². The van der Waals surface area contributed by atoms with Gasteiger partial charge in [-0.2, -0.15) is 0 Å². The second-order valence-corrected chi connectivity index (χ2v) is 6.87. The van der Waals surface area contributed by atoms with Gasteiger partial charge in [-0.05, 0) is 65.5 Å². The van der Waals surface area contributed by atoms with Crippen molar-refractivity contribution in [2.45, 2.75) is 26.8 Å². The molecule has 0 spiro atoms. The van der Waals surface area contributed by atoms with E-state index in [2.05, 4.69) is 39.9 Å². The molecule has 0 bridgehead atoms. The summed E-state index contributed by atoms with van der Waals surface area (Å²) in [4.78, 5) is 2.45. The van der Waals surface area contributed by atoms with Gasteiger partial charge in [-0.1, -0.05) is 6.92 Å². The van der Waals surface area contributed by atoms with Crippen LogP contribution in [0.3, 0.4) is 0 Å². The summed E-state index contributed by atoms with van der Waals surface area (Å²) in [6, 6.07) is 4.18. The highest BCUT2D eigenvalue weighted by atomic mass is 79.9. The SMILES string of the molecule is CCOc1c(Br)cc(CN2CCC(C)(CN)C2)cc1OC.Cl. The molecule has 0 amide bonds. The Morgan fingerprint density at radius 2 is 2.14 bits per heavy atom. The monoisotopic (exact) mass is 392 g/mol. The van der Waals surface area contributed by atoms with Gasteiger partial charge in [0.25, 0.3) is 0 Å². The maximum Gasteiger partial charge on any atom is 0.175 e. The molecule has 0 saturated carbocycles. The number of likely N-dealkylation sites (tertiary alicyclic amines) is 1. The zero-order valence-electron chi connectivity index (χ0n) is 13.5. The Morgan fingerprint density at radius 3 is 2.68 bits per heavy atom. The maximum absolute atomic E-state index is 5.88. The van der Waals surface area contributed by atoms with Crippen LogP contribution in [0.1, 0.15) is 25.8 Å². The Kier molecular flexibility index (Phi) is 7.46. The highest BCUT2D eigenvalue weighted by Gasteiger charge is 2.32. The number of rotatable bonds is 6. The molecule has 4 nitrogen and oxygen atoms in total. The van der Waals surface area contributed by atoms with Crippen LogP contribution >= 0.6 is 28.3 Å². The molecule has 1 fully saturated rings. The third-order valence-electron chi connectivity index (χ3n) is 4.11. The molecule has 2 rings (SSSR count). The summed E-state index contributed by atoms with van der Waals surface area (Å²) in [7, 11) is 1.68. The van der Waals surface area contributed by atoms with E-state index < -0.39 is 0 Å². The fourth-order valence-electron chi connectivity index (χ4n) is 2.83. The first-order valence-electron chi connectivity index (χ1n) is 7.43. The highest BCUT2D eigenvalue weighted by molar-refractivity contribution is 9.10. The van der Waals surface area contributed by atoms with Gasteiger partial charge in [0, 0.05) is 13.1 Å². The summed E-state index contributed by atoms with van der Waals surface area (Å²) in [6.45, 7) is 8.67. The average Bonchev–Trinajstić information content (AvgIpc) is 2.83. The maximum atomic E-state index is 5.88. The first-order chi connectivity index (χ1) is 10.0. The molecule has 0 radical (unpaired) electrons. The first kappa shape index (κ1) is 19.6. The molecule has 1 aromatic carbocycles. The van der Waals surface area contributed by atoms with Crippen LogP contribution in [-0.4, -0.2) is 38.3 Å². The molecule has 1 aromatic rings. The van der Waals surface area contributed by atoms with Gasteiger partial charge >= 0.3 is 0 Å². The second-order valence-electron chi connectivity index (χ2n) is 6.02. The average molecular weight is 394 g/mol. The zero-order valence-corrected chi connectivity index (χ0v) is 15.9. The molecule has 1 heterocycles. The minimum atomic E-state index is 0. The molecule has 0 aromatic heterocycles. The van der Waals surface area contributed by atoms with E-state index in [1.165, 1.54) is 12.0 Å². The van der Waals surface area contributed by atoms with Crippen LogP contribution in [0.5, 0.6) is 11.5 Å². The molecule has 1 aliphatic heterocycles. The minimum Gasteiger partial charge on any atom is -0.493 e. The molecule has 1 unspecified atom stereocenters. The molecular formula is C16H26BrClN2O2. The summed E-state index contributed by atoms with van der Waals surface area (Å²) >= 11 is 3.58. The van der Waals surface area contributed by atoms with E-state index in [4.69, 9.17) is 15.2 Å². The number of nitrogens with two attached hydrogens (primary N) is 1. The van der Waals surface area contributed by atoms with Crippen molar-refractivity contribution in [2.75, 3.05) is 33.4 Å². The van der Waals surface area contributed by atoms with Crippen molar-refractivity contribution in [1.82, 2.24) is 4.90 Å². The van der Waals surface area contributed by atoms with Crippen molar-refractivity contribution in [2.24, 2.45) is 11.1 Å². The quantitative estimate of drug-likeness (QED) is 0.804. The van der Waals surface area contributed by atoms with Crippen LogP contribution in [-0.2, 0) is 6.54 Å². The van der Waals surface area contributed by atoms with Crippen LogP contribution in [0, 0.1) is 5.41 Å². The summed E-state index contributed by atoms with van der Waals surface area (Å²) in [6.07, 6.45) is 1.17. The van der Waals surface area contributed by atoms with Gasteiger partial charge in [-0.15, -0.1) is 12.4 Å². The summed E-state index contributed by atoms with van der Waals surface area (Å²) in [5.41, 5.74) is 7.36. The van der Waals surface area contributed by atoms with E-state index in [1.807, 2.05) is 6.92 Å². The standard InChI is InChI=1S/C16H25BrN2O2.ClH/c1-4-21-15-13(17)7-12(8-14(15)20-3)9-19-6-5-16(2,10-18)11-19;/h7-8H,4-6,9-11,18H2,1-3H3;1H. The number of methoxy groups -OCH3 is 1. The Hall–Kier alpha value is -0.490. The van der Waals surface area contributed by atoms with Crippen LogP contribution in [0.2, 0.25) is 0 Å². The third-order valence-corrected chi connectivity index (χ3v) is 4.70. The number of halogens is 2. The fourth-order valence-corrected chi connectivity index (χ4v) is 3.44. The van der Waals surface area contributed by atoms with Crippen molar-refractivity contribution in [3.63, 3.8) is 0 Å². The van der Waals surface area contributed by atoms with Crippen molar-refractivity contribution in [1.29, 1.82) is 0 Å². The smallest absolute Gasteiger partial charge is 0.175 e.